The van der Waals surface area contributed by atoms with Gasteiger partial charge in [0.15, 0.2) is 5.82 Å². The number of nitrogens with zero attached hydrogens (tertiary/aromatic N) is 5. The Kier molecular flexibility index (Phi) is 7.55. The normalized spacial score (nSPS) is 14.0. The molecule has 0 unspecified atom stereocenters. The molecule has 9 nitrogen and oxygen atoms in total. The Morgan fingerprint density at radius 3 is 2.42 bits per heavy atom. The number of anilines is 2. The van der Waals surface area contributed by atoms with Gasteiger partial charge in [-0.25, -0.2) is 0 Å². The average Bonchev–Trinajstić information content (AvgIpc) is 2.65. The molecular formula is C17H29N7O2. The molecule has 1 saturated heterocycles. The van der Waals surface area contributed by atoms with Crippen LogP contribution in [0.3, 0.4) is 0 Å². The van der Waals surface area contributed by atoms with E-state index in [0.29, 0.717) is 24.1 Å². The summed E-state index contributed by atoms with van der Waals surface area (Å²) in [6.07, 6.45) is 4.67. The lowest BCUT2D eigenvalue weighted by Gasteiger charge is -2.27. The molecule has 0 saturated carbocycles. The number of hydrogen-bond donors (Lipinski definition) is 2. The van der Waals surface area contributed by atoms with E-state index in [-0.39, 0.29) is 24.9 Å². The number of amides is 2. The molecule has 2 heterocycles. The average molecular weight is 363 g/mol. The molecule has 1 aromatic rings. The highest BCUT2D eigenvalue weighted by Gasteiger charge is 2.17. The number of hydrogen-bond acceptors (Lipinski definition) is 7. The van der Waals surface area contributed by atoms with Crippen LogP contribution in [0.25, 0.3) is 0 Å². The van der Waals surface area contributed by atoms with Crippen molar-refractivity contribution in [1.29, 1.82) is 0 Å². The van der Waals surface area contributed by atoms with Gasteiger partial charge in [0, 0.05) is 33.6 Å². The van der Waals surface area contributed by atoms with Crippen molar-refractivity contribution in [3.8, 4) is 0 Å². The van der Waals surface area contributed by atoms with Crippen LogP contribution in [0.5, 0.6) is 0 Å². The van der Waals surface area contributed by atoms with Gasteiger partial charge < -0.3 is 20.4 Å². The first-order chi connectivity index (χ1) is 12.5. The summed E-state index contributed by atoms with van der Waals surface area (Å²) in [5.41, 5.74) is 0. The van der Waals surface area contributed by atoms with E-state index in [1.54, 1.807) is 0 Å². The topological polar surface area (TPSA) is 103 Å². The lowest BCUT2D eigenvalue weighted by atomic mass is 10.1. The van der Waals surface area contributed by atoms with E-state index in [2.05, 4.69) is 30.5 Å². The van der Waals surface area contributed by atoms with Gasteiger partial charge >= 0.3 is 0 Å². The van der Waals surface area contributed by atoms with Crippen molar-refractivity contribution in [3.63, 3.8) is 0 Å². The zero-order valence-corrected chi connectivity index (χ0v) is 15.9. The summed E-state index contributed by atoms with van der Waals surface area (Å²) in [5, 5.41) is 5.34. The molecule has 0 atom stereocenters. The van der Waals surface area contributed by atoms with Gasteiger partial charge in [-0.05, 0) is 25.7 Å². The van der Waals surface area contributed by atoms with Crippen LogP contribution >= 0.6 is 0 Å². The number of aromatic nitrogens is 3. The van der Waals surface area contributed by atoms with Crippen LogP contribution in [-0.2, 0) is 16.1 Å². The lowest BCUT2D eigenvalue weighted by molar-refractivity contribution is -0.126. The van der Waals surface area contributed by atoms with Crippen LogP contribution in [0.4, 0.5) is 11.9 Å². The van der Waals surface area contributed by atoms with E-state index in [1.165, 1.54) is 6.42 Å². The molecular weight excluding hydrogens is 334 g/mol. The van der Waals surface area contributed by atoms with Crippen molar-refractivity contribution < 1.29 is 9.59 Å². The maximum Gasteiger partial charge on any atom is 0.239 e. The number of piperidine rings is 1. The molecule has 1 aliphatic rings. The third kappa shape index (κ3) is 6.12. The summed E-state index contributed by atoms with van der Waals surface area (Å²) in [4.78, 5) is 40.8. The second-order valence-electron chi connectivity index (χ2n) is 6.60. The van der Waals surface area contributed by atoms with Gasteiger partial charge in [0.1, 0.15) is 0 Å². The van der Waals surface area contributed by atoms with E-state index in [1.807, 2.05) is 25.9 Å². The van der Waals surface area contributed by atoms with Gasteiger partial charge in [0.2, 0.25) is 23.7 Å². The molecule has 1 aromatic heterocycles. The minimum atomic E-state index is -0.263. The van der Waals surface area contributed by atoms with Crippen molar-refractivity contribution >= 4 is 23.7 Å². The summed E-state index contributed by atoms with van der Waals surface area (Å²) >= 11 is 0. The predicted octanol–water partition coefficient (Wildman–Crippen LogP) is 0.460. The molecule has 144 valence electrons. The van der Waals surface area contributed by atoms with Gasteiger partial charge in [-0.1, -0.05) is 6.92 Å². The Balaban J connectivity index is 1.97. The molecule has 9 heteroatoms. The zero-order valence-electron chi connectivity index (χ0n) is 15.9. The fraction of sp³-hybridized carbons (Fsp3) is 0.706. The maximum atomic E-state index is 11.9. The Morgan fingerprint density at radius 2 is 1.77 bits per heavy atom. The highest BCUT2D eigenvalue weighted by molar-refractivity contribution is 5.84. The van der Waals surface area contributed by atoms with Gasteiger partial charge in [-0.15, -0.1) is 0 Å². The van der Waals surface area contributed by atoms with Crippen LogP contribution < -0.4 is 20.4 Å². The van der Waals surface area contributed by atoms with E-state index in [9.17, 15) is 9.59 Å². The van der Waals surface area contributed by atoms with E-state index < -0.39 is 0 Å². The van der Waals surface area contributed by atoms with Crippen LogP contribution in [-0.4, -0.2) is 60.5 Å². The maximum absolute atomic E-state index is 11.9. The summed E-state index contributed by atoms with van der Waals surface area (Å²) in [7, 11) is 3.75. The second-order valence-corrected chi connectivity index (χ2v) is 6.60. The third-order valence-electron chi connectivity index (χ3n) is 4.06. The summed E-state index contributed by atoms with van der Waals surface area (Å²) in [6, 6.07) is 0. The molecule has 0 radical (unpaired) electrons. The van der Waals surface area contributed by atoms with Crippen LogP contribution in [0, 0.1) is 0 Å². The fourth-order valence-electron chi connectivity index (χ4n) is 2.64. The van der Waals surface area contributed by atoms with E-state index >= 15 is 0 Å². The van der Waals surface area contributed by atoms with Crippen molar-refractivity contribution in [2.24, 2.45) is 0 Å². The highest BCUT2D eigenvalue weighted by Crippen LogP contribution is 2.17. The molecule has 0 bridgehead atoms. The standard InChI is InChI=1S/C17H29N7O2/c1-4-8-14(25)19-12-15(26)18-11-13-20-16(23(2)3)22-17(21-13)24-9-6-5-7-10-24/h4-12H2,1-3H3,(H,18,26)(H,19,25). The molecule has 1 fully saturated rings. The number of nitrogens with one attached hydrogen (secondary N) is 2. The van der Waals surface area contributed by atoms with Gasteiger partial charge in [0.25, 0.3) is 0 Å². The van der Waals surface area contributed by atoms with Crippen molar-refractivity contribution in [3.05, 3.63) is 5.82 Å². The van der Waals surface area contributed by atoms with E-state index in [4.69, 9.17) is 0 Å². The Hall–Kier alpha value is -2.45. The molecule has 0 aliphatic carbocycles. The van der Waals surface area contributed by atoms with Gasteiger partial charge in [-0.3, -0.25) is 9.59 Å². The number of carbonyl (C=O) groups excluding carboxylic acids is 2. The van der Waals surface area contributed by atoms with Crippen molar-refractivity contribution in [1.82, 2.24) is 25.6 Å². The van der Waals surface area contributed by atoms with Crippen LogP contribution in [0.1, 0.15) is 44.9 Å². The predicted molar refractivity (Wildman–Crippen MR) is 100.0 cm³/mol. The summed E-state index contributed by atoms with van der Waals surface area (Å²) < 4.78 is 0. The summed E-state index contributed by atoms with van der Waals surface area (Å²) in [5.74, 6) is 1.35. The first-order valence-electron chi connectivity index (χ1n) is 9.20. The molecule has 2 rings (SSSR count). The zero-order chi connectivity index (χ0) is 18.9. The number of rotatable bonds is 8. The van der Waals surface area contributed by atoms with Crippen LogP contribution in [0.15, 0.2) is 0 Å². The quantitative estimate of drug-likeness (QED) is 0.691. The largest absolute Gasteiger partial charge is 0.347 e. The Morgan fingerprint density at radius 1 is 1.04 bits per heavy atom. The molecule has 2 N–H and O–H groups in total. The molecule has 0 spiro atoms. The van der Waals surface area contributed by atoms with Crippen LogP contribution in [0.2, 0.25) is 0 Å². The Labute approximate surface area is 154 Å². The second kappa shape index (κ2) is 9.88. The minimum Gasteiger partial charge on any atom is -0.347 e. The highest BCUT2D eigenvalue weighted by atomic mass is 16.2. The first kappa shape index (κ1) is 19.9. The third-order valence-corrected chi connectivity index (χ3v) is 4.06. The lowest BCUT2D eigenvalue weighted by Crippen LogP contribution is -2.37. The molecule has 26 heavy (non-hydrogen) atoms. The molecule has 1 aliphatic heterocycles. The van der Waals surface area contributed by atoms with E-state index in [0.717, 1.165) is 32.4 Å². The molecule has 0 aromatic carbocycles. The fourth-order valence-corrected chi connectivity index (χ4v) is 2.64. The summed E-state index contributed by atoms with van der Waals surface area (Å²) in [6.45, 7) is 3.96. The smallest absolute Gasteiger partial charge is 0.239 e. The SMILES string of the molecule is CCCC(=O)NCC(=O)NCc1nc(N(C)C)nc(N2CCCCC2)n1. The van der Waals surface area contributed by atoms with Gasteiger partial charge in [0.05, 0.1) is 13.1 Å². The minimum absolute atomic E-state index is 0.0383. The monoisotopic (exact) mass is 363 g/mol. The number of carbonyl (C=O) groups is 2. The van der Waals surface area contributed by atoms with Crippen molar-refractivity contribution in [2.75, 3.05) is 43.5 Å². The molecule has 2 amide bonds. The Bertz CT molecular complexity index is 615. The van der Waals surface area contributed by atoms with Gasteiger partial charge in [-0.2, -0.15) is 15.0 Å². The van der Waals surface area contributed by atoms with Crippen molar-refractivity contribution in [2.45, 2.75) is 45.6 Å². The first-order valence-corrected chi connectivity index (χ1v) is 9.20.